The van der Waals surface area contributed by atoms with Crippen molar-refractivity contribution in [3.63, 3.8) is 0 Å². The molecular formula is C16H14F3NO2S. The van der Waals surface area contributed by atoms with Crippen LogP contribution in [0.3, 0.4) is 0 Å². The second-order valence-electron chi connectivity index (χ2n) is 5.45. The third-order valence-corrected chi connectivity index (χ3v) is 5.63. The summed E-state index contributed by atoms with van der Waals surface area (Å²) in [6.45, 7) is -0.140. The van der Waals surface area contributed by atoms with Crippen LogP contribution in [0.5, 0.6) is 0 Å². The Morgan fingerprint density at radius 3 is 2.26 bits per heavy atom. The van der Waals surface area contributed by atoms with Crippen molar-refractivity contribution in [3.8, 4) is 0 Å². The molecule has 3 nitrogen and oxygen atoms in total. The van der Waals surface area contributed by atoms with Crippen LogP contribution in [0.2, 0.25) is 0 Å². The molecule has 7 heteroatoms. The maximum Gasteiger partial charge on any atom is 0.243 e. The number of sulfonamides is 1. The van der Waals surface area contributed by atoms with Gasteiger partial charge in [-0.25, -0.2) is 21.6 Å². The lowest BCUT2D eigenvalue weighted by Gasteiger charge is -2.22. The van der Waals surface area contributed by atoms with Crippen LogP contribution in [0, 0.1) is 17.5 Å². The monoisotopic (exact) mass is 341 g/mol. The number of nitrogens with zero attached hydrogens (tertiary/aromatic N) is 1. The van der Waals surface area contributed by atoms with Crippen LogP contribution >= 0.6 is 0 Å². The van der Waals surface area contributed by atoms with E-state index >= 15 is 0 Å². The maximum atomic E-state index is 13.8. The topological polar surface area (TPSA) is 37.4 Å². The van der Waals surface area contributed by atoms with Gasteiger partial charge in [0.15, 0.2) is 11.6 Å². The fourth-order valence-corrected chi connectivity index (χ4v) is 4.02. The Bertz CT molecular complexity index is 835. The van der Waals surface area contributed by atoms with E-state index in [0.29, 0.717) is 18.9 Å². The van der Waals surface area contributed by atoms with Gasteiger partial charge >= 0.3 is 0 Å². The van der Waals surface area contributed by atoms with Gasteiger partial charge in [0.25, 0.3) is 0 Å². The summed E-state index contributed by atoms with van der Waals surface area (Å²) in [5, 5.41) is 0. The lowest BCUT2D eigenvalue weighted by Crippen LogP contribution is -2.33. The Kier molecular flexibility index (Phi) is 4.16. The molecule has 0 unspecified atom stereocenters. The first-order valence-electron chi connectivity index (χ1n) is 7.10. The van der Waals surface area contributed by atoms with E-state index in [1.165, 1.54) is 18.2 Å². The summed E-state index contributed by atoms with van der Waals surface area (Å²) >= 11 is 0. The lowest BCUT2D eigenvalue weighted by atomic mass is 10.2. The van der Waals surface area contributed by atoms with Gasteiger partial charge in [0.2, 0.25) is 10.0 Å². The van der Waals surface area contributed by atoms with Crippen molar-refractivity contribution in [2.45, 2.75) is 30.3 Å². The fraction of sp³-hybridized carbons (Fsp3) is 0.250. The summed E-state index contributed by atoms with van der Waals surface area (Å²) in [4.78, 5) is -0.334. The lowest BCUT2D eigenvalue weighted by molar-refractivity contribution is 0.391. The van der Waals surface area contributed by atoms with Crippen molar-refractivity contribution < 1.29 is 21.6 Å². The average Bonchev–Trinajstić information content (AvgIpc) is 3.33. The highest BCUT2D eigenvalue weighted by atomic mass is 32.2. The molecule has 122 valence electrons. The first-order chi connectivity index (χ1) is 10.9. The van der Waals surface area contributed by atoms with E-state index in [-0.39, 0.29) is 23.0 Å². The van der Waals surface area contributed by atoms with Crippen LogP contribution in [-0.2, 0) is 16.6 Å². The van der Waals surface area contributed by atoms with Crippen LogP contribution in [0.15, 0.2) is 47.4 Å². The van der Waals surface area contributed by atoms with Crippen molar-refractivity contribution >= 4 is 10.0 Å². The van der Waals surface area contributed by atoms with Gasteiger partial charge in [-0.1, -0.05) is 18.2 Å². The molecule has 3 rings (SSSR count). The molecule has 1 aliphatic rings. The Hall–Kier alpha value is -1.86. The molecule has 0 amide bonds. The molecule has 2 aromatic rings. The van der Waals surface area contributed by atoms with E-state index in [4.69, 9.17) is 0 Å². The van der Waals surface area contributed by atoms with Crippen LogP contribution in [0.25, 0.3) is 0 Å². The smallest absolute Gasteiger partial charge is 0.207 e. The van der Waals surface area contributed by atoms with Crippen molar-refractivity contribution in [1.82, 2.24) is 4.31 Å². The Labute approximate surface area is 132 Å². The number of halogens is 3. The second-order valence-corrected chi connectivity index (χ2v) is 7.34. The van der Waals surface area contributed by atoms with Gasteiger partial charge in [0, 0.05) is 18.2 Å². The zero-order valence-corrected chi connectivity index (χ0v) is 12.9. The van der Waals surface area contributed by atoms with Crippen molar-refractivity contribution in [1.29, 1.82) is 0 Å². The van der Waals surface area contributed by atoms with Crippen molar-refractivity contribution in [3.05, 3.63) is 65.5 Å². The van der Waals surface area contributed by atoms with Gasteiger partial charge < -0.3 is 0 Å². The second kappa shape index (κ2) is 5.98. The Morgan fingerprint density at radius 1 is 0.957 bits per heavy atom. The SMILES string of the molecule is O=S(=O)(c1ccc(F)c(F)c1)N(Cc1ccccc1F)C1CC1. The summed E-state index contributed by atoms with van der Waals surface area (Å²) < 4.78 is 66.8. The van der Waals surface area contributed by atoms with E-state index < -0.39 is 27.5 Å². The largest absolute Gasteiger partial charge is 0.243 e. The molecule has 23 heavy (non-hydrogen) atoms. The molecule has 0 spiro atoms. The number of hydrogen-bond acceptors (Lipinski definition) is 2. The van der Waals surface area contributed by atoms with E-state index in [1.807, 2.05) is 0 Å². The molecular weight excluding hydrogens is 327 g/mol. The molecule has 0 atom stereocenters. The predicted octanol–water partition coefficient (Wildman–Crippen LogP) is 3.46. The van der Waals surface area contributed by atoms with Crippen LogP contribution in [0.4, 0.5) is 13.2 Å². The van der Waals surface area contributed by atoms with Gasteiger partial charge in [0.05, 0.1) is 4.90 Å². The summed E-state index contributed by atoms with van der Waals surface area (Å²) in [5.41, 5.74) is 0.241. The zero-order valence-electron chi connectivity index (χ0n) is 12.0. The third kappa shape index (κ3) is 3.25. The van der Waals surface area contributed by atoms with Gasteiger partial charge in [-0.15, -0.1) is 0 Å². The molecule has 0 heterocycles. The van der Waals surface area contributed by atoms with Gasteiger partial charge in [-0.2, -0.15) is 4.31 Å². The molecule has 0 radical (unpaired) electrons. The molecule has 0 N–H and O–H groups in total. The number of hydrogen-bond donors (Lipinski definition) is 0. The molecule has 0 saturated heterocycles. The molecule has 0 aliphatic heterocycles. The van der Waals surface area contributed by atoms with E-state index in [9.17, 15) is 21.6 Å². The van der Waals surface area contributed by atoms with Crippen LogP contribution in [-0.4, -0.2) is 18.8 Å². The maximum absolute atomic E-state index is 13.8. The van der Waals surface area contributed by atoms with Crippen LogP contribution in [0.1, 0.15) is 18.4 Å². The minimum atomic E-state index is -4.03. The highest BCUT2D eigenvalue weighted by Crippen LogP contribution is 2.34. The van der Waals surface area contributed by atoms with Gasteiger partial charge in [-0.05, 0) is 37.1 Å². The summed E-state index contributed by atoms with van der Waals surface area (Å²) in [5.74, 6) is -2.85. The van der Waals surface area contributed by atoms with E-state index in [0.717, 1.165) is 16.4 Å². The molecule has 0 aromatic heterocycles. The molecule has 0 bridgehead atoms. The first-order valence-corrected chi connectivity index (χ1v) is 8.54. The standard InChI is InChI=1S/C16H14F3NO2S/c17-14-4-2-1-3-11(14)10-20(12-5-6-12)23(21,22)13-7-8-15(18)16(19)9-13/h1-4,7-9,12H,5-6,10H2. The molecule has 1 saturated carbocycles. The first kappa shape index (κ1) is 16.0. The Morgan fingerprint density at radius 2 is 1.65 bits per heavy atom. The van der Waals surface area contributed by atoms with E-state index in [2.05, 4.69) is 0 Å². The molecule has 1 fully saturated rings. The zero-order chi connectivity index (χ0) is 16.6. The summed E-state index contributed by atoms with van der Waals surface area (Å²) in [6, 6.07) is 8.10. The number of rotatable bonds is 5. The quantitative estimate of drug-likeness (QED) is 0.835. The predicted molar refractivity (Wildman–Crippen MR) is 78.5 cm³/mol. The Balaban J connectivity index is 1.97. The highest BCUT2D eigenvalue weighted by molar-refractivity contribution is 7.89. The third-order valence-electron chi connectivity index (χ3n) is 3.74. The van der Waals surface area contributed by atoms with Crippen molar-refractivity contribution in [2.24, 2.45) is 0 Å². The van der Waals surface area contributed by atoms with Crippen LogP contribution < -0.4 is 0 Å². The summed E-state index contributed by atoms with van der Waals surface area (Å²) in [7, 11) is -4.03. The summed E-state index contributed by atoms with van der Waals surface area (Å²) in [6.07, 6.45) is 1.33. The average molecular weight is 341 g/mol. The van der Waals surface area contributed by atoms with Crippen molar-refractivity contribution in [2.75, 3.05) is 0 Å². The highest BCUT2D eigenvalue weighted by Gasteiger charge is 2.38. The minimum absolute atomic E-state index is 0.140. The minimum Gasteiger partial charge on any atom is -0.207 e. The van der Waals surface area contributed by atoms with E-state index in [1.54, 1.807) is 6.07 Å². The normalized spacial score (nSPS) is 15.1. The molecule has 1 aliphatic carbocycles. The van der Waals surface area contributed by atoms with Gasteiger partial charge in [-0.3, -0.25) is 0 Å². The fourth-order valence-electron chi connectivity index (χ4n) is 2.34. The van der Waals surface area contributed by atoms with Gasteiger partial charge in [0.1, 0.15) is 5.82 Å². The molecule has 2 aromatic carbocycles. The number of benzene rings is 2.